The van der Waals surface area contributed by atoms with Crippen molar-refractivity contribution in [2.75, 3.05) is 0 Å². The van der Waals surface area contributed by atoms with Crippen LogP contribution in [0.1, 0.15) is 56.4 Å². The van der Waals surface area contributed by atoms with E-state index in [0.717, 1.165) is 23.0 Å². The molecule has 0 bridgehead atoms. The van der Waals surface area contributed by atoms with Gasteiger partial charge in [0.2, 0.25) is 0 Å². The van der Waals surface area contributed by atoms with Gasteiger partial charge in [0.25, 0.3) is 0 Å². The number of hydrogen-bond donors (Lipinski definition) is 0. The molecular weight excluding hydrogens is 344 g/mol. The van der Waals surface area contributed by atoms with Gasteiger partial charge < -0.3 is 9.47 Å². The zero-order chi connectivity index (χ0) is 19.6. The molecule has 0 N–H and O–H groups in total. The van der Waals surface area contributed by atoms with Crippen molar-refractivity contribution in [1.29, 1.82) is 0 Å². The Morgan fingerprint density at radius 1 is 0.357 bits per heavy atom. The van der Waals surface area contributed by atoms with Crippen LogP contribution in [0.2, 0.25) is 0 Å². The quantitative estimate of drug-likeness (QED) is 0.445. The first-order valence-corrected chi connectivity index (χ1v) is 9.46. The minimum Gasteiger partial charge on any atom is -0.457 e. The summed E-state index contributed by atoms with van der Waals surface area (Å²) in [5.41, 5.74) is 0. The van der Waals surface area contributed by atoms with Crippen LogP contribution in [-0.2, 0) is 0 Å². The third-order valence-electron chi connectivity index (χ3n) is 2.78. The molecule has 0 saturated heterocycles. The van der Waals surface area contributed by atoms with Gasteiger partial charge in [-0.2, -0.15) is 0 Å². The van der Waals surface area contributed by atoms with E-state index in [9.17, 15) is 0 Å². The predicted octanol–water partition coefficient (Wildman–Crippen LogP) is 9.62. The summed E-state index contributed by atoms with van der Waals surface area (Å²) in [6.45, 7) is 12.0. The van der Waals surface area contributed by atoms with Crippen LogP contribution in [0.15, 0.2) is 84.9 Å². The Labute approximate surface area is 174 Å². The molecule has 3 aromatic carbocycles. The van der Waals surface area contributed by atoms with Crippen LogP contribution < -0.4 is 9.47 Å². The van der Waals surface area contributed by atoms with Crippen molar-refractivity contribution in [3.05, 3.63) is 84.9 Å². The van der Waals surface area contributed by atoms with Gasteiger partial charge in [0.15, 0.2) is 0 Å². The summed E-state index contributed by atoms with van der Waals surface area (Å²) in [6, 6.07) is 27.0. The van der Waals surface area contributed by atoms with E-state index in [1.165, 1.54) is 0 Å². The smallest absolute Gasteiger partial charge is 0.127 e. The number of hydrogen-bond acceptors (Lipinski definition) is 2. The lowest BCUT2D eigenvalue weighted by molar-refractivity contribution is 0.469. The molecule has 2 heteroatoms. The van der Waals surface area contributed by atoms with Crippen LogP contribution in [0, 0.1) is 0 Å². The second-order valence-electron chi connectivity index (χ2n) is 4.30. The molecule has 0 aromatic heterocycles. The normalized spacial score (nSPS) is 7.79. The molecule has 0 unspecified atom stereocenters. The third kappa shape index (κ3) is 11.8. The van der Waals surface area contributed by atoms with Crippen molar-refractivity contribution in [3.8, 4) is 23.0 Å². The Morgan fingerprint density at radius 2 is 0.571 bits per heavy atom. The first-order chi connectivity index (χ1) is 12.9. The van der Waals surface area contributed by atoms with E-state index in [2.05, 4.69) is 0 Å². The van der Waals surface area contributed by atoms with Gasteiger partial charge in [-0.25, -0.2) is 0 Å². The fraction of sp³-hybridized carbons (Fsp3) is 0.308. The maximum absolute atomic E-state index is 5.73. The highest BCUT2D eigenvalue weighted by Crippen LogP contribution is 2.26. The molecule has 3 aromatic rings. The highest BCUT2D eigenvalue weighted by Gasteiger charge is 1.99. The molecule has 0 aliphatic heterocycles. The Bertz CT molecular complexity index is 587. The van der Waals surface area contributed by atoms with Gasteiger partial charge in [0.05, 0.1) is 0 Å². The second kappa shape index (κ2) is 20.6. The van der Waals surface area contributed by atoms with Crippen LogP contribution in [0.3, 0.4) is 0 Å². The van der Waals surface area contributed by atoms with E-state index in [-0.39, 0.29) is 14.9 Å². The van der Waals surface area contributed by atoms with Gasteiger partial charge in [-0.1, -0.05) is 92.8 Å². The van der Waals surface area contributed by atoms with Crippen molar-refractivity contribution in [1.82, 2.24) is 0 Å². The fourth-order valence-electron chi connectivity index (χ4n) is 1.82. The third-order valence-corrected chi connectivity index (χ3v) is 2.78. The predicted molar refractivity (Wildman–Crippen MR) is 127 cm³/mol. The summed E-state index contributed by atoms with van der Waals surface area (Å²) in [5.74, 6) is 3.22. The first kappa shape index (κ1) is 30.0. The molecular formula is C26H40O2. The lowest BCUT2D eigenvalue weighted by Gasteiger charge is -2.08. The van der Waals surface area contributed by atoms with Crippen molar-refractivity contribution in [3.63, 3.8) is 0 Å². The lowest BCUT2D eigenvalue weighted by atomic mass is 10.3. The van der Waals surface area contributed by atoms with Crippen molar-refractivity contribution < 1.29 is 9.47 Å². The molecule has 0 spiro atoms. The number of rotatable bonds is 4. The Balaban J connectivity index is -0.000000716. The largest absolute Gasteiger partial charge is 0.457 e. The molecule has 2 nitrogen and oxygen atoms in total. The average molecular weight is 385 g/mol. The summed E-state index contributed by atoms with van der Waals surface area (Å²) < 4.78 is 11.5. The Morgan fingerprint density at radius 3 is 0.821 bits per heavy atom. The molecule has 0 amide bonds. The molecule has 0 aliphatic rings. The van der Waals surface area contributed by atoms with E-state index in [1.807, 2.05) is 126 Å². The van der Waals surface area contributed by atoms with E-state index in [4.69, 9.17) is 9.47 Å². The zero-order valence-corrected chi connectivity index (χ0v) is 16.9. The molecule has 0 atom stereocenters. The van der Waals surface area contributed by atoms with Crippen LogP contribution in [0.5, 0.6) is 23.0 Å². The zero-order valence-electron chi connectivity index (χ0n) is 16.9. The maximum Gasteiger partial charge on any atom is 0.127 e. The van der Waals surface area contributed by atoms with Gasteiger partial charge >= 0.3 is 0 Å². The summed E-state index contributed by atoms with van der Waals surface area (Å²) in [7, 11) is 0. The van der Waals surface area contributed by atoms with Crippen molar-refractivity contribution in [2.45, 2.75) is 56.4 Å². The van der Waals surface area contributed by atoms with E-state index >= 15 is 0 Å². The minimum absolute atomic E-state index is 0. The molecule has 156 valence electrons. The first-order valence-electron chi connectivity index (χ1n) is 9.46. The van der Waals surface area contributed by atoms with E-state index < -0.39 is 0 Å². The lowest BCUT2D eigenvalue weighted by Crippen LogP contribution is -1.85. The second-order valence-corrected chi connectivity index (χ2v) is 4.30. The molecule has 3 rings (SSSR count). The summed E-state index contributed by atoms with van der Waals surface area (Å²) in [4.78, 5) is 0. The van der Waals surface area contributed by atoms with E-state index in [1.54, 1.807) is 0 Å². The van der Waals surface area contributed by atoms with Gasteiger partial charge in [-0.15, -0.1) is 0 Å². The molecule has 0 saturated carbocycles. The highest BCUT2D eigenvalue weighted by atomic mass is 16.5. The van der Waals surface area contributed by atoms with Crippen molar-refractivity contribution >= 4 is 0 Å². The minimum atomic E-state index is 0. The standard InChI is InChI=1S/C18H14O2.3C2H6.2CH4/c1-3-7-15(8-4-1)19-17-11-13-18(14-12-17)20-16-9-5-2-6-10-16;3*1-2;;/h1-14H;3*1-2H3;2*1H4. The number of para-hydroxylation sites is 2. The number of ether oxygens (including phenoxy) is 2. The highest BCUT2D eigenvalue weighted by molar-refractivity contribution is 5.37. The van der Waals surface area contributed by atoms with Gasteiger partial charge in [0, 0.05) is 0 Å². The molecule has 0 radical (unpaired) electrons. The summed E-state index contributed by atoms with van der Waals surface area (Å²) in [6.07, 6.45) is 0. The van der Waals surface area contributed by atoms with Crippen LogP contribution in [0.4, 0.5) is 0 Å². The number of benzene rings is 3. The maximum atomic E-state index is 5.73. The molecule has 0 heterocycles. The Hall–Kier alpha value is -2.74. The van der Waals surface area contributed by atoms with Crippen molar-refractivity contribution in [2.24, 2.45) is 0 Å². The van der Waals surface area contributed by atoms with Crippen LogP contribution in [-0.4, -0.2) is 0 Å². The van der Waals surface area contributed by atoms with Crippen LogP contribution in [0.25, 0.3) is 0 Å². The summed E-state index contributed by atoms with van der Waals surface area (Å²) >= 11 is 0. The Kier molecular flexibility index (Phi) is 22.0. The molecule has 0 aliphatic carbocycles. The molecule has 0 fully saturated rings. The topological polar surface area (TPSA) is 18.5 Å². The SMILES string of the molecule is C.C.CC.CC.CC.c1ccc(Oc2ccc(Oc3ccccc3)cc2)cc1. The monoisotopic (exact) mass is 384 g/mol. The molecule has 28 heavy (non-hydrogen) atoms. The fourth-order valence-corrected chi connectivity index (χ4v) is 1.82. The van der Waals surface area contributed by atoms with Gasteiger partial charge in [-0.05, 0) is 48.5 Å². The van der Waals surface area contributed by atoms with E-state index in [0.29, 0.717) is 0 Å². The summed E-state index contributed by atoms with van der Waals surface area (Å²) in [5, 5.41) is 0. The average Bonchev–Trinajstić information content (AvgIpc) is 2.75. The van der Waals surface area contributed by atoms with Crippen LogP contribution >= 0.6 is 0 Å². The van der Waals surface area contributed by atoms with Gasteiger partial charge in [0.1, 0.15) is 23.0 Å². The van der Waals surface area contributed by atoms with Gasteiger partial charge in [-0.3, -0.25) is 0 Å².